The second-order valence-electron chi connectivity index (χ2n) is 6.50. The molecule has 2 N–H and O–H groups in total. The number of amides is 1. The molecule has 8 nitrogen and oxygen atoms in total. The number of H-pyrrole nitrogens is 1. The van der Waals surface area contributed by atoms with Crippen LogP contribution in [0.1, 0.15) is 42.0 Å². The molecule has 3 heterocycles. The van der Waals surface area contributed by atoms with Gasteiger partial charge in [0.25, 0.3) is 5.91 Å². The minimum Gasteiger partial charge on any atom is -0.381 e. The van der Waals surface area contributed by atoms with Gasteiger partial charge in [-0.1, -0.05) is 0 Å². The minimum atomic E-state index is -0.144. The molecule has 1 aliphatic heterocycles. The second-order valence-corrected chi connectivity index (χ2v) is 6.50. The lowest BCUT2D eigenvalue weighted by Crippen LogP contribution is -2.37. The van der Waals surface area contributed by atoms with Crippen LogP contribution in [0, 0.1) is 5.92 Å². The second kappa shape index (κ2) is 7.25. The van der Waals surface area contributed by atoms with Crippen LogP contribution < -0.4 is 5.32 Å². The first kappa shape index (κ1) is 16.7. The third-order valence-electron chi connectivity index (χ3n) is 4.97. The minimum absolute atomic E-state index is 0.128. The number of imidazole rings is 1. The lowest BCUT2D eigenvalue weighted by Gasteiger charge is -2.31. The van der Waals surface area contributed by atoms with E-state index in [0.29, 0.717) is 17.0 Å². The van der Waals surface area contributed by atoms with Gasteiger partial charge in [-0.15, -0.1) is 0 Å². The Morgan fingerprint density at radius 2 is 2.15 bits per heavy atom. The largest absolute Gasteiger partial charge is 0.381 e. The lowest BCUT2D eigenvalue weighted by molar-refractivity contribution is 0.0498. The Labute approximate surface area is 150 Å². The zero-order chi connectivity index (χ0) is 17.9. The third kappa shape index (κ3) is 3.20. The molecule has 136 valence electrons. The highest BCUT2D eigenvalue weighted by atomic mass is 16.5. The van der Waals surface area contributed by atoms with Crippen molar-refractivity contribution in [2.45, 2.75) is 32.4 Å². The maximum Gasteiger partial charge on any atom is 0.251 e. The number of benzene rings is 1. The van der Waals surface area contributed by atoms with Gasteiger partial charge in [0.1, 0.15) is 16.9 Å². The van der Waals surface area contributed by atoms with Crippen LogP contribution in [0.5, 0.6) is 0 Å². The van der Waals surface area contributed by atoms with Crippen LogP contribution in [0.25, 0.3) is 11.0 Å². The van der Waals surface area contributed by atoms with Gasteiger partial charge in [-0.3, -0.25) is 4.79 Å². The standard InChI is InChI=1S/C18H22N6O2/c1-2-24-8-7-19-17(24)16(12-5-9-26-10-6-12)20-18(25)13-3-4-14-15(11-13)22-23-21-14/h3-4,7-8,11-12,16H,2,5-6,9-10H2,1H3,(H,20,25)(H,21,22,23). The number of carbonyl (C=O) groups excluding carboxylic acids is 1. The monoisotopic (exact) mass is 354 g/mol. The number of nitrogens with one attached hydrogen (secondary N) is 2. The summed E-state index contributed by atoms with van der Waals surface area (Å²) in [5.74, 6) is 1.07. The maximum atomic E-state index is 12.9. The Morgan fingerprint density at radius 1 is 1.35 bits per heavy atom. The number of rotatable bonds is 5. The number of hydrogen-bond acceptors (Lipinski definition) is 5. The quantitative estimate of drug-likeness (QED) is 0.731. The summed E-state index contributed by atoms with van der Waals surface area (Å²) in [7, 11) is 0. The Morgan fingerprint density at radius 3 is 2.96 bits per heavy atom. The number of aromatic amines is 1. The molecule has 0 spiro atoms. The Kier molecular flexibility index (Phi) is 4.66. The molecule has 1 atom stereocenters. The Balaban J connectivity index is 1.61. The van der Waals surface area contributed by atoms with E-state index in [-0.39, 0.29) is 11.9 Å². The van der Waals surface area contributed by atoms with Crippen molar-refractivity contribution < 1.29 is 9.53 Å². The van der Waals surface area contributed by atoms with Crippen LogP contribution in [0.4, 0.5) is 0 Å². The van der Waals surface area contributed by atoms with Gasteiger partial charge in [0, 0.05) is 37.7 Å². The number of aromatic nitrogens is 5. The van der Waals surface area contributed by atoms with E-state index >= 15 is 0 Å². The number of carbonyl (C=O) groups is 1. The summed E-state index contributed by atoms with van der Waals surface area (Å²) in [5, 5.41) is 13.9. The fraction of sp³-hybridized carbons (Fsp3) is 0.444. The van der Waals surface area contributed by atoms with Crippen molar-refractivity contribution in [1.82, 2.24) is 30.3 Å². The summed E-state index contributed by atoms with van der Waals surface area (Å²) in [5.41, 5.74) is 1.98. The van der Waals surface area contributed by atoms with E-state index in [1.165, 1.54) is 0 Å². The molecule has 1 saturated heterocycles. The molecule has 1 fully saturated rings. The van der Waals surface area contributed by atoms with Gasteiger partial charge < -0.3 is 14.6 Å². The number of nitrogens with zero attached hydrogens (tertiary/aromatic N) is 4. The maximum absolute atomic E-state index is 12.9. The first-order chi connectivity index (χ1) is 12.8. The fourth-order valence-electron chi connectivity index (χ4n) is 3.52. The molecule has 4 rings (SSSR count). The molecule has 1 amide bonds. The molecule has 2 aromatic heterocycles. The van der Waals surface area contributed by atoms with Crippen LogP contribution in [-0.4, -0.2) is 44.1 Å². The highest BCUT2D eigenvalue weighted by Crippen LogP contribution is 2.30. The van der Waals surface area contributed by atoms with Crippen LogP contribution in [0.15, 0.2) is 30.6 Å². The molecule has 1 aromatic carbocycles. The van der Waals surface area contributed by atoms with Gasteiger partial charge >= 0.3 is 0 Å². The normalized spacial score (nSPS) is 16.7. The average molecular weight is 354 g/mol. The molecule has 0 saturated carbocycles. The summed E-state index contributed by atoms with van der Waals surface area (Å²) in [6.07, 6.45) is 5.56. The molecule has 0 aliphatic carbocycles. The van der Waals surface area contributed by atoms with E-state index in [9.17, 15) is 4.79 Å². The average Bonchev–Trinajstić information content (AvgIpc) is 3.34. The number of aryl methyl sites for hydroxylation is 1. The zero-order valence-corrected chi connectivity index (χ0v) is 14.7. The Hall–Kier alpha value is -2.74. The van der Waals surface area contributed by atoms with Crippen LogP contribution in [0.2, 0.25) is 0 Å². The van der Waals surface area contributed by atoms with E-state index < -0.39 is 0 Å². The highest BCUT2D eigenvalue weighted by molar-refractivity contribution is 5.97. The molecular weight excluding hydrogens is 332 g/mol. The van der Waals surface area contributed by atoms with Crippen LogP contribution >= 0.6 is 0 Å². The molecule has 3 aromatic rings. The lowest BCUT2D eigenvalue weighted by atomic mass is 9.90. The van der Waals surface area contributed by atoms with E-state index in [0.717, 1.165) is 43.9 Å². The SMILES string of the molecule is CCn1ccnc1C(NC(=O)c1ccc2n[nH]nc2c1)C1CCOCC1. The predicted molar refractivity (Wildman–Crippen MR) is 95.5 cm³/mol. The highest BCUT2D eigenvalue weighted by Gasteiger charge is 2.30. The van der Waals surface area contributed by atoms with Crippen molar-refractivity contribution in [3.05, 3.63) is 42.0 Å². The molecule has 0 radical (unpaired) electrons. The number of fused-ring (bicyclic) bond motifs is 1. The van der Waals surface area contributed by atoms with Crippen molar-refractivity contribution in [2.24, 2.45) is 5.92 Å². The molecule has 0 bridgehead atoms. The van der Waals surface area contributed by atoms with E-state index in [1.807, 2.05) is 6.20 Å². The summed E-state index contributed by atoms with van der Waals surface area (Å²) < 4.78 is 7.58. The fourth-order valence-corrected chi connectivity index (χ4v) is 3.52. The van der Waals surface area contributed by atoms with Crippen LogP contribution in [-0.2, 0) is 11.3 Å². The van der Waals surface area contributed by atoms with Crippen molar-refractivity contribution in [1.29, 1.82) is 0 Å². The number of hydrogen-bond donors (Lipinski definition) is 2. The van der Waals surface area contributed by atoms with Gasteiger partial charge in [0.05, 0.1) is 6.04 Å². The molecule has 8 heteroatoms. The summed E-state index contributed by atoms with van der Waals surface area (Å²) >= 11 is 0. The van der Waals surface area contributed by atoms with E-state index in [1.54, 1.807) is 24.4 Å². The van der Waals surface area contributed by atoms with Gasteiger partial charge in [-0.2, -0.15) is 15.4 Å². The predicted octanol–water partition coefficient (Wildman–Crippen LogP) is 2.07. The smallest absolute Gasteiger partial charge is 0.251 e. The van der Waals surface area contributed by atoms with Gasteiger partial charge in [0.15, 0.2) is 0 Å². The van der Waals surface area contributed by atoms with Crippen LogP contribution in [0.3, 0.4) is 0 Å². The van der Waals surface area contributed by atoms with Crippen molar-refractivity contribution in [2.75, 3.05) is 13.2 Å². The molecule has 26 heavy (non-hydrogen) atoms. The van der Waals surface area contributed by atoms with Crippen molar-refractivity contribution in [3.63, 3.8) is 0 Å². The summed E-state index contributed by atoms with van der Waals surface area (Å²) in [4.78, 5) is 17.5. The molecular formula is C18H22N6O2. The van der Waals surface area contributed by atoms with E-state index in [4.69, 9.17) is 4.74 Å². The first-order valence-electron chi connectivity index (χ1n) is 8.96. The molecule has 1 aliphatic rings. The summed E-state index contributed by atoms with van der Waals surface area (Å²) in [6.45, 7) is 4.33. The number of ether oxygens (including phenoxy) is 1. The van der Waals surface area contributed by atoms with Gasteiger partial charge in [0.2, 0.25) is 0 Å². The topological polar surface area (TPSA) is 97.7 Å². The van der Waals surface area contributed by atoms with Gasteiger partial charge in [-0.25, -0.2) is 4.98 Å². The van der Waals surface area contributed by atoms with E-state index in [2.05, 4.69) is 37.2 Å². The summed E-state index contributed by atoms with van der Waals surface area (Å²) in [6, 6.07) is 5.17. The Bertz CT molecular complexity index is 896. The van der Waals surface area contributed by atoms with Crippen molar-refractivity contribution >= 4 is 16.9 Å². The first-order valence-corrected chi connectivity index (χ1v) is 8.96. The van der Waals surface area contributed by atoms with Crippen molar-refractivity contribution in [3.8, 4) is 0 Å². The molecule has 1 unspecified atom stereocenters. The van der Waals surface area contributed by atoms with Gasteiger partial charge in [-0.05, 0) is 43.9 Å². The zero-order valence-electron chi connectivity index (χ0n) is 14.7. The third-order valence-corrected chi connectivity index (χ3v) is 4.97.